The second-order valence-corrected chi connectivity index (χ2v) is 3.13. The first-order valence-corrected chi connectivity index (χ1v) is 4.58. The summed E-state index contributed by atoms with van der Waals surface area (Å²) < 4.78 is 0. The lowest BCUT2D eigenvalue weighted by Crippen LogP contribution is -2.30. The van der Waals surface area contributed by atoms with Crippen LogP contribution in [0.3, 0.4) is 0 Å². The second-order valence-electron chi connectivity index (χ2n) is 3.13. The Morgan fingerprint density at radius 1 is 1.38 bits per heavy atom. The first kappa shape index (κ1) is 12.1. The van der Waals surface area contributed by atoms with Crippen molar-refractivity contribution in [3.63, 3.8) is 0 Å². The molecular formula is C9H17NO3. The largest absolute Gasteiger partial charge is 0.480 e. The number of hydrogen-bond acceptors (Lipinski definition) is 3. The lowest BCUT2D eigenvalue weighted by molar-refractivity contribution is -0.138. The van der Waals surface area contributed by atoms with Crippen molar-refractivity contribution in [1.82, 2.24) is 0 Å². The van der Waals surface area contributed by atoms with Gasteiger partial charge in [-0.1, -0.05) is 13.3 Å². The van der Waals surface area contributed by atoms with Crippen LogP contribution in [0.25, 0.3) is 0 Å². The zero-order chi connectivity index (χ0) is 10.3. The Bertz CT molecular complexity index is 180. The maximum absolute atomic E-state index is 11.1. The van der Waals surface area contributed by atoms with Gasteiger partial charge in [0.25, 0.3) is 0 Å². The third kappa shape index (κ3) is 6.28. The summed E-state index contributed by atoms with van der Waals surface area (Å²) in [6, 6.07) is -0.898. The van der Waals surface area contributed by atoms with Crippen molar-refractivity contribution in [2.24, 2.45) is 5.73 Å². The average molecular weight is 187 g/mol. The highest BCUT2D eigenvalue weighted by Crippen LogP contribution is 2.02. The molecule has 0 aliphatic carbocycles. The summed E-state index contributed by atoms with van der Waals surface area (Å²) in [6.45, 7) is 2.01. The molecule has 4 heteroatoms. The lowest BCUT2D eigenvalue weighted by atomic mass is 10.1. The molecule has 0 heterocycles. The maximum atomic E-state index is 11.1. The molecule has 0 fully saturated rings. The Labute approximate surface area is 78.1 Å². The third-order valence-corrected chi connectivity index (χ3v) is 1.86. The predicted molar refractivity (Wildman–Crippen MR) is 49.4 cm³/mol. The van der Waals surface area contributed by atoms with Gasteiger partial charge in [-0.05, 0) is 12.8 Å². The number of ketones is 1. The number of carbonyl (C=O) groups excluding carboxylic acids is 1. The molecule has 13 heavy (non-hydrogen) atoms. The van der Waals surface area contributed by atoms with E-state index < -0.39 is 12.0 Å². The fourth-order valence-electron chi connectivity index (χ4n) is 0.939. The molecule has 1 atom stereocenters. The predicted octanol–water partition coefficient (Wildman–Crippen LogP) is 0.938. The van der Waals surface area contributed by atoms with Gasteiger partial charge in [0.2, 0.25) is 0 Å². The molecule has 0 aromatic rings. The van der Waals surface area contributed by atoms with Crippen LogP contribution in [0.1, 0.15) is 39.0 Å². The van der Waals surface area contributed by atoms with Crippen LogP contribution in [-0.4, -0.2) is 22.9 Å². The second kappa shape index (κ2) is 6.60. The van der Waals surface area contributed by atoms with Crippen LogP contribution in [-0.2, 0) is 9.59 Å². The first-order valence-electron chi connectivity index (χ1n) is 4.58. The summed E-state index contributed by atoms with van der Waals surface area (Å²) in [4.78, 5) is 21.4. The Morgan fingerprint density at radius 3 is 2.46 bits per heavy atom. The molecule has 4 nitrogen and oxygen atoms in total. The zero-order valence-corrected chi connectivity index (χ0v) is 7.95. The quantitative estimate of drug-likeness (QED) is 0.621. The fourth-order valence-corrected chi connectivity index (χ4v) is 0.939. The van der Waals surface area contributed by atoms with Crippen LogP contribution in [0, 0.1) is 0 Å². The van der Waals surface area contributed by atoms with Crippen molar-refractivity contribution in [2.75, 3.05) is 0 Å². The van der Waals surface area contributed by atoms with E-state index in [2.05, 4.69) is 0 Å². The van der Waals surface area contributed by atoms with Crippen LogP contribution in [0.5, 0.6) is 0 Å². The summed E-state index contributed by atoms with van der Waals surface area (Å²) in [5.41, 5.74) is 5.24. The van der Waals surface area contributed by atoms with Crippen molar-refractivity contribution >= 4 is 11.8 Å². The van der Waals surface area contributed by atoms with E-state index in [-0.39, 0.29) is 18.6 Å². The fraction of sp³-hybridized carbons (Fsp3) is 0.778. The topological polar surface area (TPSA) is 80.4 Å². The summed E-state index contributed by atoms with van der Waals surface area (Å²) in [5, 5.41) is 8.43. The molecular weight excluding hydrogens is 170 g/mol. The molecule has 0 aromatic heterocycles. The number of rotatable bonds is 7. The van der Waals surface area contributed by atoms with Crippen LogP contribution < -0.4 is 5.73 Å². The Balaban J connectivity index is 3.52. The van der Waals surface area contributed by atoms with Gasteiger partial charge < -0.3 is 10.8 Å². The average Bonchev–Trinajstić information content (AvgIpc) is 2.10. The number of carbonyl (C=O) groups is 2. The molecule has 0 amide bonds. The van der Waals surface area contributed by atoms with Gasteiger partial charge in [0, 0.05) is 12.8 Å². The molecule has 0 aromatic carbocycles. The summed E-state index contributed by atoms with van der Waals surface area (Å²) >= 11 is 0. The van der Waals surface area contributed by atoms with Crippen LogP contribution in [0.4, 0.5) is 0 Å². The number of nitrogens with two attached hydrogens (primary N) is 1. The Kier molecular flexibility index (Phi) is 6.14. The molecule has 76 valence electrons. The van der Waals surface area contributed by atoms with E-state index >= 15 is 0 Å². The lowest BCUT2D eigenvalue weighted by Gasteiger charge is -2.04. The monoisotopic (exact) mass is 187 g/mol. The number of Topliss-reactive ketones (excluding diaryl/α,β-unsaturated/α-hetero) is 1. The molecule has 0 saturated heterocycles. The SMILES string of the molecule is CCCCC(=O)CC[C@H](N)C(=O)O. The van der Waals surface area contributed by atoms with Crippen molar-refractivity contribution in [3.8, 4) is 0 Å². The molecule has 0 saturated carbocycles. The molecule has 0 bridgehead atoms. The van der Waals surface area contributed by atoms with E-state index in [1.165, 1.54) is 0 Å². The van der Waals surface area contributed by atoms with E-state index in [1.54, 1.807) is 0 Å². The first-order chi connectivity index (χ1) is 6.07. The van der Waals surface area contributed by atoms with Gasteiger partial charge in [-0.2, -0.15) is 0 Å². The smallest absolute Gasteiger partial charge is 0.320 e. The van der Waals surface area contributed by atoms with Gasteiger partial charge in [-0.15, -0.1) is 0 Å². The Hall–Kier alpha value is -0.900. The van der Waals surface area contributed by atoms with Crippen LogP contribution in [0.2, 0.25) is 0 Å². The molecule has 0 radical (unpaired) electrons. The highest BCUT2D eigenvalue weighted by molar-refractivity contribution is 5.80. The molecule has 3 N–H and O–H groups in total. The number of aliphatic carboxylic acids is 1. The highest BCUT2D eigenvalue weighted by atomic mass is 16.4. The van der Waals surface area contributed by atoms with Crippen molar-refractivity contribution in [3.05, 3.63) is 0 Å². The standard InChI is InChI=1S/C9H17NO3/c1-2-3-4-7(11)5-6-8(10)9(12)13/h8H,2-6,10H2,1H3,(H,12,13)/t8-/m0/s1. The van der Waals surface area contributed by atoms with Gasteiger partial charge in [0.1, 0.15) is 11.8 Å². The molecule has 0 aliphatic heterocycles. The van der Waals surface area contributed by atoms with Gasteiger partial charge in [-0.3, -0.25) is 9.59 Å². The zero-order valence-electron chi connectivity index (χ0n) is 7.95. The van der Waals surface area contributed by atoms with Gasteiger partial charge in [0.05, 0.1) is 0 Å². The van der Waals surface area contributed by atoms with Crippen LogP contribution >= 0.6 is 0 Å². The maximum Gasteiger partial charge on any atom is 0.320 e. The minimum Gasteiger partial charge on any atom is -0.480 e. The van der Waals surface area contributed by atoms with E-state index in [4.69, 9.17) is 10.8 Å². The summed E-state index contributed by atoms with van der Waals surface area (Å²) in [5.74, 6) is -0.929. The van der Waals surface area contributed by atoms with Crippen molar-refractivity contribution in [1.29, 1.82) is 0 Å². The third-order valence-electron chi connectivity index (χ3n) is 1.86. The molecule has 0 unspecified atom stereocenters. The van der Waals surface area contributed by atoms with Gasteiger partial charge in [0.15, 0.2) is 0 Å². The molecule has 0 aliphatic rings. The minimum atomic E-state index is -1.04. The Morgan fingerprint density at radius 2 is 2.00 bits per heavy atom. The molecule has 0 rings (SSSR count). The minimum absolute atomic E-state index is 0.110. The molecule has 0 spiro atoms. The number of unbranched alkanes of at least 4 members (excludes halogenated alkanes) is 1. The van der Waals surface area contributed by atoms with E-state index in [9.17, 15) is 9.59 Å². The van der Waals surface area contributed by atoms with E-state index in [1.807, 2.05) is 6.92 Å². The number of carboxylic acids is 1. The van der Waals surface area contributed by atoms with Gasteiger partial charge >= 0.3 is 5.97 Å². The van der Waals surface area contributed by atoms with Crippen molar-refractivity contribution < 1.29 is 14.7 Å². The normalized spacial score (nSPS) is 12.5. The number of hydrogen-bond donors (Lipinski definition) is 2. The van der Waals surface area contributed by atoms with Crippen molar-refractivity contribution in [2.45, 2.75) is 45.1 Å². The number of carboxylic acid groups (broad SMARTS) is 1. The van der Waals surface area contributed by atoms with E-state index in [0.29, 0.717) is 6.42 Å². The van der Waals surface area contributed by atoms with Gasteiger partial charge in [-0.25, -0.2) is 0 Å². The summed E-state index contributed by atoms with van der Waals surface area (Å²) in [6.07, 6.45) is 2.94. The van der Waals surface area contributed by atoms with E-state index in [0.717, 1.165) is 12.8 Å². The summed E-state index contributed by atoms with van der Waals surface area (Å²) in [7, 11) is 0. The highest BCUT2D eigenvalue weighted by Gasteiger charge is 2.12. The van der Waals surface area contributed by atoms with Crippen LogP contribution in [0.15, 0.2) is 0 Å².